The molecule has 144 valence electrons. The van der Waals surface area contributed by atoms with Crippen molar-refractivity contribution in [2.45, 2.75) is 13.0 Å². The van der Waals surface area contributed by atoms with E-state index in [1.807, 2.05) is 47.0 Å². The summed E-state index contributed by atoms with van der Waals surface area (Å²) in [6.07, 6.45) is 2.33. The van der Waals surface area contributed by atoms with Crippen molar-refractivity contribution < 1.29 is 19.0 Å². The number of nitrogens with one attached hydrogen (secondary N) is 1. The van der Waals surface area contributed by atoms with Gasteiger partial charge in [0, 0.05) is 6.54 Å². The molecule has 1 aliphatic rings. The van der Waals surface area contributed by atoms with Gasteiger partial charge in [0.05, 0.1) is 25.6 Å². The Labute approximate surface area is 162 Å². The Hall–Kier alpha value is -3.48. The molecule has 0 unspecified atom stereocenters. The number of hydrogen-bond donors (Lipinski definition) is 1. The third kappa shape index (κ3) is 3.26. The summed E-state index contributed by atoms with van der Waals surface area (Å²) in [6, 6.07) is 13.4. The summed E-state index contributed by atoms with van der Waals surface area (Å²) in [7, 11) is 3.21. The van der Waals surface area contributed by atoms with Gasteiger partial charge in [-0.3, -0.25) is 9.36 Å². The number of amides is 1. The molecule has 0 saturated heterocycles. The predicted molar refractivity (Wildman–Crippen MR) is 103 cm³/mol. The molecule has 0 bridgehead atoms. The molecule has 7 nitrogen and oxygen atoms in total. The molecule has 1 aliphatic heterocycles. The van der Waals surface area contributed by atoms with E-state index < -0.39 is 0 Å². The quantitative estimate of drug-likeness (QED) is 0.713. The van der Waals surface area contributed by atoms with Crippen LogP contribution in [0.4, 0.5) is 0 Å². The zero-order valence-corrected chi connectivity index (χ0v) is 15.8. The molecule has 1 N–H and O–H groups in total. The summed E-state index contributed by atoms with van der Waals surface area (Å²) < 4.78 is 18.2. The van der Waals surface area contributed by atoms with Gasteiger partial charge in [0.2, 0.25) is 0 Å². The van der Waals surface area contributed by atoms with E-state index in [4.69, 9.17) is 14.2 Å². The van der Waals surface area contributed by atoms with Crippen LogP contribution in [0.3, 0.4) is 0 Å². The Bertz CT molecular complexity index is 1010. The van der Waals surface area contributed by atoms with Crippen molar-refractivity contribution in [3.8, 4) is 22.9 Å². The molecule has 4 rings (SSSR count). The molecule has 28 heavy (non-hydrogen) atoms. The van der Waals surface area contributed by atoms with E-state index in [1.54, 1.807) is 20.5 Å². The maximum absolute atomic E-state index is 12.6. The van der Waals surface area contributed by atoms with Crippen molar-refractivity contribution in [1.29, 1.82) is 0 Å². The van der Waals surface area contributed by atoms with Crippen molar-refractivity contribution in [1.82, 2.24) is 14.9 Å². The number of carbonyl (C=O) groups excluding carboxylic acids is 1. The summed E-state index contributed by atoms with van der Waals surface area (Å²) in [5.74, 6) is 1.93. The molecule has 0 spiro atoms. The minimum absolute atomic E-state index is 0.211. The van der Waals surface area contributed by atoms with Gasteiger partial charge in [-0.15, -0.1) is 0 Å². The average molecular weight is 379 g/mol. The van der Waals surface area contributed by atoms with Gasteiger partial charge in [-0.1, -0.05) is 18.2 Å². The van der Waals surface area contributed by atoms with Crippen LogP contribution in [0.5, 0.6) is 17.2 Å². The maximum atomic E-state index is 12.6. The summed E-state index contributed by atoms with van der Waals surface area (Å²) in [5, 5.41) is 2.93. The van der Waals surface area contributed by atoms with Gasteiger partial charge in [0.25, 0.3) is 5.91 Å². The number of carbonyl (C=O) groups is 1. The van der Waals surface area contributed by atoms with Gasteiger partial charge in [-0.05, 0) is 36.2 Å². The Morgan fingerprint density at radius 2 is 2.00 bits per heavy atom. The van der Waals surface area contributed by atoms with E-state index in [9.17, 15) is 4.79 Å². The zero-order chi connectivity index (χ0) is 19.5. The third-order valence-electron chi connectivity index (χ3n) is 4.72. The third-order valence-corrected chi connectivity index (χ3v) is 4.72. The Balaban J connectivity index is 1.43. The van der Waals surface area contributed by atoms with Crippen LogP contribution in [-0.2, 0) is 13.0 Å². The van der Waals surface area contributed by atoms with Crippen LogP contribution in [0.2, 0.25) is 0 Å². The minimum atomic E-state index is -0.211. The fourth-order valence-electron chi connectivity index (χ4n) is 3.27. The fourth-order valence-corrected chi connectivity index (χ4v) is 3.27. The number of ether oxygens (including phenoxy) is 3. The first kappa shape index (κ1) is 17.9. The molecular weight excluding hydrogens is 358 g/mol. The molecule has 2 heterocycles. The minimum Gasteiger partial charge on any atom is -0.493 e. The van der Waals surface area contributed by atoms with Gasteiger partial charge < -0.3 is 19.5 Å². The lowest BCUT2D eigenvalue weighted by molar-refractivity contribution is 0.0946. The highest BCUT2D eigenvalue weighted by molar-refractivity contribution is 5.93. The molecule has 2 aromatic carbocycles. The highest BCUT2D eigenvalue weighted by Gasteiger charge is 2.24. The number of rotatable bonds is 6. The predicted octanol–water partition coefficient (Wildman–Crippen LogP) is 2.75. The normalized spacial score (nSPS) is 11.8. The largest absolute Gasteiger partial charge is 0.493 e. The molecule has 0 fully saturated rings. The van der Waals surface area contributed by atoms with E-state index >= 15 is 0 Å². The molecule has 7 heteroatoms. The lowest BCUT2D eigenvalue weighted by Gasteiger charge is -2.20. The summed E-state index contributed by atoms with van der Waals surface area (Å²) in [4.78, 5) is 16.9. The molecule has 0 radical (unpaired) electrons. The number of fused-ring (bicyclic) bond motifs is 3. The number of aromatic nitrogens is 2. The van der Waals surface area contributed by atoms with Crippen molar-refractivity contribution in [2.24, 2.45) is 0 Å². The monoisotopic (exact) mass is 379 g/mol. The van der Waals surface area contributed by atoms with E-state index in [1.165, 1.54) is 0 Å². The topological polar surface area (TPSA) is 74.6 Å². The van der Waals surface area contributed by atoms with Crippen molar-refractivity contribution in [3.63, 3.8) is 0 Å². The summed E-state index contributed by atoms with van der Waals surface area (Å²) in [6.45, 7) is 0.799. The number of para-hydroxylation sites is 2. The van der Waals surface area contributed by atoms with Gasteiger partial charge in [0.15, 0.2) is 17.2 Å². The van der Waals surface area contributed by atoms with Gasteiger partial charge in [0.1, 0.15) is 18.7 Å². The molecule has 0 saturated carbocycles. The lowest BCUT2D eigenvalue weighted by Crippen LogP contribution is -2.28. The lowest BCUT2D eigenvalue weighted by atomic mass is 10.1. The summed E-state index contributed by atoms with van der Waals surface area (Å²) in [5.41, 5.74) is 3.08. The molecular formula is C21H21N3O4. The fraction of sp³-hybridized carbons (Fsp3) is 0.238. The number of benzene rings is 2. The van der Waals surface area contributed by atoms with Crippen molar-refractivity contribution in [3.05, 3.63) is 65.7 Å². The Morgan fingerprint density at radius 1 is 1.18 bits per heavy atom. The van der Waals surface area contributed by atoms with Crippen LogP contribution in [0.25, 0.3) is 5.69 Å². The first-order valence-electron chi connectivity index (χ1n) is 8.98. The molecule has 1 amide bonds. The first-order chi connectivity index (χ1) is 13.7. The van der Waals surface area contributed by atoms with Crippen LogP contribution in [0.15, 0.2) is 48.8 Å². The second kappa shape index (κ2) is 7.64. The van der Waals surface area contributed by atoms with Gasteiger partial charge in [-0.2, -0.15) is 0 Å². The number of nitrogens with zero attached hydrogens (tertiary/aromatic N) is 2. The van der Waals surface area contributed by atoms with Crippen LogP contribution >= 0.6 is 0 Å². The molecule has 3 aromatic rings. The summed E-state index contributed by atoms with van der Waals surface area (Å²) >= 11 is 0. The molecule has 0 aliphatic carbocycles. The van der Waals surface area contributed by atoms with E-state index in [0.29, 0.717) is 36.8 Å². The van der Waals surface area contributed by atoms with E-state index in [0.717, 1.165) is 22.7 Å². The number of hydrogen-bond acceptors (Lipinski definition) is 5. The van der Waals surface area contributed by atoms with Crippen LogP contribution in [0.1, 0.15) is 21.7 Å². The van der Waals surface area contributed by atoms with Gasteiger partial charge >= 0.3 is 0 Å². The number of imidazole rings is 1. The SMILES string of the molecule is COc1ccc(CCNC(=O)c2ncn3c2COc2ccccc2-3)cc1OC. The van der Waals surface area contributed by atoms with Crippen molar-refractivity contribution >= 4 is 5.91 Å². The molecule has 0 atom stereocenters. The van der Waals surface area contributed by atoms with Crippen LogP contribution in [-0.4, -0.2) is 36.2 Å². The second-order valence-electron chi connectivity index (χ2n) is 6.36. The van der Waals surface area contributed by atoms with Crippen molar-refractivity contribution in [2.75, 3.05) is 20.8 Å². The highest BCUT2D eigenvalue weighted by atomic mass is 16.5. The first-order valence-corrected chi connectivity index (χ1v) is 8.98. The second-order valence-corrected chi connectivity index (χ2v) is 6.36. The zero-order valence-electron chi connectivity index (χ0n) is 15.8. The van der Waals surface area contributed by atoms with Gasteiger partial charge in [-0.25, -0.2) is 4.98 Å². The molecule has 1 aromatic heterocycles. The van der Waals surface area contributed by atoms with E-state index in [2.05, 4.69) is 10.3 Å². The van der Waals surface area contributed by atoms with Crippen LogP contribution in [0, 0.1) is 0 Å². The highest BCUT2D eigenvalue weighted by Crippen LogP contribution is 2.30. The smallest absolute Gasteiger partial charge is 0.271 e. The van der Waals surface area contributed by atoms with Crippen LogP contribution < -0.4 is 19.5 Å². The standard InChI is InChI=1S/C21H21N3O4/c1-26-18-8-7-14(11-19(18)27-2)9-10-22-21(25)20-16-12-28-17-6-4-3-5-15(17)24(16)13-23-20/h3-8,11,13H,9-10,12H2,1-2H3,(H,22,25). The maximum Gasteiger partial charge on any atom is 0.271 e. The number of methoxy groups -OCH3 is 2. The van der Waals surface area contributed by atoms with E-state index in [-0.39, 0.29) is 5.91 Å². The average Bonchev–Trinajstić information content (AvgIpc) is 3.18. The Kier molecular flexibility index (Phi) is 4.89. The Morgan fingerprint density at radius 3 is 2.82 bits per heavy atom.